The molecule has 0 radical (unpaired) electrons. The van der Waals surface area contributed by atoms with Crippen molar-refractivity contribution in [1.82, 2.24) is 0 Å². The van der Waals surface area contributed by atoms with Crippen LogP contribution in [0.3, 0.4) is 0 Å². The first-order valence-corrected chi connectivity index (χ1v) is 16.3. The van der Waals surface area contributed by atoms with E-state index >= 15 is 0 Å². The third kappa shape index (κ3) is 22.0. The van der Waals surface area contributed by atoms with Crippen molar-refractivity contribution in [1.29, 1.82) is 0 Å². The summed E-state index contributed by atoms with van der Waals surface area (Å²) in [6, 6.07) is 0. The Morgan fingerprint density at radius 3 is 1.38 bits per heavy atom. The number of carbonyl (C=O) groups is 1. The summed E-state index contributed by atoms with van der Waals surface area (Å²) in [5.41, 5.74) is 0. The Bertz CT molecular complexity index is 470. The summed E-state index contributed by atoms with van der Waals surface area (Å²) in [5, 5.41) is -0.442. The number of hydrogen-bond acceptors (Lipinski definition) is 2. The van der Waals surface area contributed by atoms with Crippen LogP contribution in [0.25, 0.3) is 0 Å². The highest BCUT2D eigenvalue weighted by molar-refractivity contribution is 7.58. The molecule has 0 fully saturated rings. The van der Waals surface area contributed by atoms with Crippen LogP contribution in [0.2, 0.25) is 0 Å². The maximum Gasteiger partial charge on any atom is 0.225 e. The van der Waals surface area contributed by atoms with Gasteiger partial charge in [-0.15, -0.1) is 0 Å². The summed E-state index contributed by atoms with van der Waals surface area (Å²) >= 11 is 5.69. The van der Waals surface area contributed by atoms with E-state index in [2.05, 4.69) is 13.8 Å². The molecule has 5 heteroatoms. The maximum absolute atomic E-state index is 12.5. The zero-order valence-electron chi connectivity index (χ0n) is 21.4. The predicted molar refractivity (Wildman–Crippen MR) is 142 cm³/mol. The fourth-order valence-corrected chi connectivity index (χ4v) is 6.67. The molecule has 0 bridgehead atoms. The lowest BCUT2D eigenvalue weighted by Crippen LogP contribution is -2.15. The Balaban J connectivity index is 3.59. The molecule has 0 aromatic heterocycles. The first kappa shape index (κ1) is 32.1. The van der Waals surface area contributed by atoms with E-state index in [0.717, 1.165) is 44.9 Å². The molecule has 0 aromatic carbocycles. The number of carbonyl (C=O) groups excluding carboxylic acids is 1. The highest BCUT2D eigenvalue weighted by Gasteiger charge is 2.27. The molecule has 0 saturated carbocycles. The predicted octanol–water partition coefficient (Wildman–Crippen LogP) is 9.87. The second-order valence-electron chi connectivity index (χ2n) is 9.91. The van der Waals surface area contributed by atoms with Gasteiger partial charge in [0.15, 0.2) is 0 Å². The standard InChI is InChI=1S/C27H54ClO3P/c1-3-5-7-9-10-11-12-13-14-15-16-17-18-19-20-22-24-32(30,31)25-26(27(28)29)23-21-8-6-4-2/h26H,3-25H2,1-2H3,(H,30,31). The first-order valence-electron chi connectivity index (χ1n) is 13.9. The summed E-state index contributed by atoms with van der Waals surface area (Å²) in [5.74, 6) is -0.453. The van der Waals surface area contributed by atoms with Crippen LogP contribution in [0.1, 0.15) is 149 Å². The van der Waals surface area contributed by atoms with Gasteiger partial charge in [0.2, 0.25) is 12.6 Å². The minimum atomic E-state index is -3.25. The van der Waals surface area contributed by atoms with E-state index < -0.39 is 18.5 Å². The van der Waals surface area contributed by atoms with E-state index in [0.29, 0.717) is 12.6 Å². The molecule has 0 spiro atoms. The van der Waals surface area contributed by atoms with E-state index in [1.807, 2.05) is 0 Å². The van der Waals surface area contributed by atoms with Crippen LogP contribution in [0.15, 0.2) is 0 Å². The molecule has 0 heterocycles. The van der Waals surface area contributed by atoms with Gasteiger partial charge in [-0.1, -0.05) is 136 Å². The molecule has 2 atom stereocenters. The van der Waals surface area contributed by atoms with Gasteiger partial charge in [-0.05, 0) is 24.4 Å². The quantitative estimate of drug-likeness (QED) is 0.0783. The van der Waals surface area contributed by atoms with E-state index in [9.17, 15) is 14.3 Å². The summed E-state index contributed by atoms with van der Waals surface area (Å²) in [6.45, 7) is 4.41. The molecule has 0 aliphatic heterocycles. The number of hydrogen-bond donors (Lipinski definition) is 1. The number of rotatable bonds is 25. The molecule has 0 aromatic rings. The van der Waals surface area contributed by atoms with Crippen LogP contribution in [0.4, 0.5) is 0 Å². The third-order valence-electron chi connectivity index (χ3n) is 6.59. The maximum atomic E-state index is 12.5. The zero-order chi connectivity index (χ0) is 23.9. The Kier molecular flexibility index (Phi) is 23.0. The zero-order valence-corrected chi connectivity index (χ0v) is 23.1. The molecule has 3 nitrogen and oxygen atoms in total. The molecular weight excluding hydrogens is 439 g/mol. The highest BCUT2D eigenvalue weighted by Crippen LogP contribution is 2.45. The molecule has 0 rings (SSSR count). The second-order valence-corrected chi connectivity index (χ2v) is 12.8. The van der Waals surface area contributed by atoms with E-state index in [-0.39, 0.29) is 6.16 Å². The largest absolute Gasteiger partial charge is 0.344 e. The van der Waals surface area contributed by atoms with Crippen LogP contribution in [-0.2, 0) is 9.36 Å². The van der Waals surface area contributed by atoms with Crippen molar-refractivity contribution in [2.75, 3.05) is 12.3 Å². The lowest BCUT2D eigenvalue weighted by atomic mass is 10.0. The van der Waals surface area contributed by atoms with Crippen molar-refractivity contribution < 1.29 is 14.3 Å². The Morgan fingerprint density at radius 1 is 0.656 bits per heavy atom. The van der Waals surface area contributed by atoms with Gasteiger partial charge in [-0.25, -0.2) is 0 Å². The minimum absolute atomic E-state index is 0.0696. The first-order chi connectivity index (χ1) is 15.4. The molecule has 0 aliphatic rings. The average Bonchev–Trinajstić information content (AvgIpc) is 2.75. The monoisotopic (exact) mass is 492 g/mol. The van der Waals surface area contributed by atoms with Crippen molar-refractivity contribution >= 4 is 24.2 Å². The Morgan fingerprint density at radius 2 is 1.00 bits per heavy atom. The van der Waals surface area contributed by atoms with Crippen molar-refractivity contribution in [3.63, 3.8) is 0 Å². The van der Waals surface area contributed by atoms with Gasteiger partial charge in [0.1, 0.15) is 0 Å². The highest BCUT2D eigenvalue weighted by atomic mass is 35.5. The van der Waals surface area contributed by atoms with Gasteiger partial charge >= 0.3 is 0 Å². The lowest BCUT2D eigenvalue weighted by Gasteiger charge is -2.17. The summed E-state index contributed by atoms with van der Waals surface area (Å²) in [7, 11) is -3.25. The molecule has 0 aliphatic carbocycles. The van der Waals surface area contributed by atoms with Gasteiger partial charge in [-0.2, -0.15) is 0 Å². The fraction of sp³-hybridized carbons (Fsp3) is 0.963. The van der Waals surface area contributed by atoms with Gasteiger partial charge in [0.25, 0.3) is 0 Å². The molecule has 0 amide bonds. The van der Waals surface area contributed by atoms with Crippen molar-refractivity contribution in [3.05, 3.63) is 0 Å². The molecule has 192 valence electrons. The van der Waals surface area contributed by atoms with Crippen molar-refractivity contribution in [3.8, 4) is 0 Å². The Labute approximate surface area is 205 Å². The van der Waals surface area contributed by atoms with Crippen LogP contribution in [-0.4, -0.2) is 22.5 Å². The molecule has 32 heavy (non-hydrogen) atoms. The second kappa shape index (κ2) is 22.9. The average molecular weight is 493 g/mol. The van der Waals surface area contributed by atoms with Crippen LogP contribution >= 0.6 is 19.0 Å². The SMILES string of the molecule is CCCCCCCCCCCCCCCCCCP(=O)(O)CC(CCCCCC)C(=O)Cl. The normalized spacial score (nSPS) is 14.4. The van der Waals surface area contributed by atoms with Crippen LogP contribution in [0.5, 0.6) is 0 Å². The van der Waals surface area contributed by atoms with E-state index in [1.165, 1.54) is 83.5 Å². The minimum Gasteiger partial charge on any atom is -0.344 e. The topological polar surface area (TPSA) is 54.4 Å². The summed E-state index contributed by atoms with van der Waals surface area (Å²) < 4.78 is 12.5. The fourth-order valence-electron chi connectivity index (χ4n) is 4.44. The van der Waals surface area contributed by atoms with Gasteiger partial charge in [0.05, 0.1) is 0 Å². The van der Waals surface area contributed by atoms with E-state index in [1.54, 1.807) is 0 Å². The summed E-state index contributed by atoms with van der Waals surface area (Å²) in [6.07, 6.45) is 26.0. The van der Waals surface area contributed by atoms with Gasteiger partial charge < -0.3 is 4.89 Å². The number of halogens is 1. The summed E-state index contributed by atoms with van der Waals surface area (Å²) in [4.78, 5) is 21.9. The molecule has 2 unspecified atom stereocenters. The molecule has 0 saturated heterocycles. The van der Waals surface area contributed by atoms with E-state index in [4.69, 9.17) is 11.6 Å². The van der Waals surface area contributed by atoms with Gasteiger partial charge in [0, 0.05) is 18.2 Å². The Hall–Kier alpha value is 0.150. The third-order valence-corrected chi connectivity index (χ3v) is 8.93. The lowest BCUT2D eigenvalue weighted by molar-refractivity contribution is -0.114. The van der Waals surface area contributed by atoms with Gasteiger partial charge in [-0.3, -0.25) is 9.36 Å². The molecule has 1 N–H and O–H groups in total. The number of unbranched alkanes of at least 4 members (excludes halogenated alkanes) is 18. The van der Waals surface area contributed by atoms with Crippen LogP contribution < -0.4 is 0 Å². The van der Waals surface area contributed by atoms with Crippen molar-refractivity contribution in [2.24, 2.45) is 5.92 Å². The molecular formula is C27H54ClO3P. The smallest absolute Gasteiger partial charge is 0.225 e. The van der Waals surface area contributed by atoms with Crippen molar-refractivity contribution in [2.45, 2.75) is 149 Å². The van der Waals surface area contributed by atoms with Crippen LogP contribution in [0, 0.1) is 5.92 Å².